The van der Waals surface area contributed by atoms with E-state index in [4.69, 9.17) is 13.9 Å². The number of halogens is 1. The van der Waals surface area contributed by atoms with E-state index in [9.17, 15) is 14.9 Å². The van der Waals surface area contributed by atoms with Crippen molar-refractivity contribution >= 4 is 27.7 Å². The quantitative estimate of drug-likeness (QED) is 0.215. The molecule has 8 heteroatoms. The van der Waals surface area contributed by atoms with Crippen LogP contribution in [0.15, 0.2) is 72.9 Å². The topological polar surface area (TPSA) is 91.8 Å². The summed E-state index contributed by atoms with van der Waals surface area (Å²) >= 11 is 3.61. The number of benzene rings is 1. The maximum Gasteiger partial charge on any atom is 0.291 e. The largest absolute Gasteiger partial charge is 0.468 e. The second-order valence-electron chi connectivity index (χ2n) is 8.50. The van der Waals surface area contributed by atoms with Gasteiger partial charge >= 0.3 is 0 Å². The number of nitro benzene ring substituents is 1. The van der Waals surface area contributed by atoms with Crippen LogP contribution >= 0.6 is 15.9 Å². The van der Waals surface area contributed by atoms with Gasteiger partial charge in [-0.05, 0) is 68.7 Å². The molecule has 0 radical (unpaired) electrons. The number of methoxy groups -OCH3 is 1. The molecule has 0 saturated carbocycles. The van der Waals surface area contributed by atoms with Crippen LogP contribution in [0, 0.1) is 24.0 Å². The molecule has 0 amide bonds. The lowest BCUT2D eigenvalue weighted by atomic mass is 10.0. The Bertz CT molecular complexity index is 1300. The Morgan fingerprint density at radius 1 is 1.14 bits per heavy atom. The second kappa shape index (κ2) is 11.5. The standard InChI is InChI=1S/C27H28BrNO6/c1-16(11-20-6-8-23(9-7-20)29(31)32)10-17(2)12-22(28)13-21-14-24(34-15-21)26-18(3)25(30)19(4)27(33-5)35-26/h6-13,24H,14-15H2,1-5H3/b16-11+,17-10+,21-13-,22-12-. The number of rotatable bonds is 7. The molecule has 1 atom stereocenters. The Hall–Kier alpha value is -3.23. The lowest BCUT2D eigenvalue weighted by Crippen LogP contribution is -2.15. The normalized spacial score (nSPS) is 18.3. The minimum absolute atomic E-state index is 0.0726. The molecule has 7 nitrogen and oxygen atoms in total. The molecule has 1 aromatic carbocycles. The van der Waals surface area contributed by atoms with E-state index in [2.05, 4.69) is 15.9 Å². The first kappa shape index (κ1) is 26.4. The predicted molar refractivity (Wildman–Crippen MR) is 140 cm³/mol. The molecular weight excluding hydrogens is 514 g/mol. The van der Waals surface area contributed by atoms with Gasteiger partial charge in [-0.3, -0.25) is 14.9 Å². The number of non-ortho nitro benzene ring substituents is 1. The first-order valence-corrected chi connectivity index (χ1v) is 11.9. The van der Waals surface area contributed by atoms with Gasteiger partial charge in [0, 0.05) is 28.6 Å². The van der Waals surface area contributed by atoms with E-state index in [-0.39, 0.29) is 23.2 Å². The monoisotopic (exact) mass is 541 g/mol. The number of nitro groups is 1. The molecule has 1 aliphatic rings. The van der Waals surface area contributed by atoms with Crippen LogP contribution < -0.4 is 10.2 Å². The highest BCUT2D eigenvalue weighted by Crippen LogP contribution is 2.36. The van der Waals surface area contributed by atoms with E-state index in [0.29, 0.717) is 29.9 Å². The molecule has 3 rings (SSSR count). The van der Waals surface area contributed by atoms with E-state index in [0.717, 1.165) is 26.8 Å². The zero-order valence-corrected chi connectivity index (χ0v) is 22.0. The third-order valence-electron chi connectivity index (χ3n) is 5.62. The van der Waals surface area contributed by atoms with Crippen molar-refractivity contribution in [1.82, 2.24) is 0 Å². The zero-order valence-electron chi connectivity index (χ0n) is 20.4. The van der Waals surface area contributed by atoms with E-state index >= 15 is 0 Å². The molecule has 184 valence electrons. The van der Waals surface area contributed by atoms with E-state index in [1.165, 1.54) is 19.2 Å². The summed E-state index contributed by atoms with van der Waals surface area (Å²) in [5, 5.41) is 10.8. The minimum atomic E-state index is -0.409. The molecule has 35 heavy (non-hydrogen) atoms. The van der Waals surface area contributed by atoms with Gasteiger partial charge in [-0.15, -0.1) is 0 Å². The summed E-state index contributed by atoms with van der Waals surface area (Å²) in [6.07, 6.45) is 8.30. The van der Waals surface area contributed by atoms with Crippen molar-refractivity contribution in [3.8, 4) is 5.95 Å². The summed E-state index contributed by atoms with van der Waals surface area (Å²) in [5.41, 5.74) is 4.99. The van der Waals surface area contributed by atoms with Gasteiger partial charge in [-0.2, -0.15) is 0 Å². The molecule has 1 aromatic heterocycles. The van der Waals surface area contributed by atoms with Gasteiger partial charge in [0.2, 0.25) is 0 Å². The highest BCUT2D eigenvalue weighted by Gasteiger charge is 2.28. The minimum Gasteiger partial charge on any atom is -0.468 e. The molecule has 0 spiro atoms. The highest BCUT2D eigenvalue weighted by atomic mass is 79.9. The third kappa shape index (κ3) is 6.68. The number of allylic oxidation sites excluding steroid dienone is 6. The fourth-order valence-electron chi connectivity index (χ4n) is 3.93. The summed E-state index contributed by atoms with van der Waals surface area (Å²) < 4.78 is 17.9. The van der Waals surface area contributed by atoms with Crippen molar-refractivity contribution in [3.63, 3.8) is 0 Å². The first-order chi connectivity index (χ1) is 16.6. The van der Waals surface area contributed by atoms with Gasteiger partial charge in [0.05, 0.1) is 24.2 Å². The third-order valence-corrected chi connectivity index (χ3v) is 6.07. The lowest BCUT2D eigenvalue weighted by molar-refractivity contribution is -0.384. The van der Waals surface area contributed by atoms with E-state index < -0.39 is 4.92 Å². The van der Waals surface area contributed by atoms with Crippen molar-refractivity contribution in [2.45, 2.75) is 40.2 Å². The fraction of sp³-hybridized carbons (Fsp3) is 0.296. The number of nitrogens with zero attached hydrogens (tertiary/aromatic N) is 1. The summed E-state index contributed by atoms with van der Waals surface area (Å²) in [5.74, 6) is 0.722. The smallest absolute Gasteiger partial charge is 0.291 e. The zero-order chi connectivity index (χ0) is 25.7. The summed E-state index contributed by atoms with van der Waals surface area (Å²) in [7, 11) is 1.48. The Kier molecular flexibility index (Phi) is 8.64. The molecule has 2 aromatic rings. The molecule has 1 fully saturated rings. The number of ether oxygens (including phenoxy) is 2. The van der Waals surface area contributed by atoms with Crippen LogP contribution in [0.5, 0.6) is 5.95 Å². The average molecular weight is 542 g/mol. The molecule has 0 bridgehead atoms. The Balaban J connectivity index is 1.71. The van der Waals surface area contributed by atoms with Crippen LogP contribution in [0.3, 0.4) is 0 Å². The SMILES string of the molecule is COc1oc(C2C/C(=C/C(Br)=C/C(C)=C/C(C)=C/c3ccc([N+](=O)[O-])cc3)CO2)c(C)c(=O)c1C. The molecule has 2 heterocycles. The van der Waals surface area contributed by atoms with Crippen LogP contribution in [-0.4, -0.2) is 18.6 Å². The molecular formula is C27H28BrNO6. The molecule has 0 aliphatic carbocycles. The lowest BCUT2D eigenvalue weighted by Gasteiger charge is -2.13. The Labute approximate surface area is 212 Å². The van der Waals surface area contributed by atoms with Crippen molar-refractivity contribution in [2.24, 2.45) is 0 Å². The van der Waals surface area contributed by atoms with Crippen molar-refractivity contribution < 1.29 is 18.8 Å². The van der Waals surface area contributed by atoms with E-state index in [1.807, 2.05) is 38.2 Å². The van der Waals surface area contributed by atoms with Gasteiger partial charge in [0.15, 0.2) is 5.43 Å². The van der Waals surface area contributed by atoms with Crippen molar-refractivity contribution in [3.05, 3.63) is 106 Å². The Morgan fingerprint density at radius 3 is 2.46 bits per heavy atom. The molecule has 0 N–H and O–H groups in total. The summed E-state index contributed by atoms with van der Waals surface area (Å²) in [6.45, 7) is 7.84. The van der Waals surface area contributed by atoms with Gasteiger partial charge < -0.3 is 13.9 Å². The Morgan fingerprint density at radius 2 is 1.83 bits per heavy atom. The van der Waals surface area contributed by atoms with Crippen molar-refractivity contribution in [2.75, 3.05) is 13.7 Å². The summed E-state index contributed by atoms with van der Waals surface area (Å²) in [4.78, 5) is 22.9. The van der Waals surface area contributed by atoms with Gasteiger partial charge in [-0.25, -0.2) is 0 Å². The van der Waals surface area contributed by atoms with E-state index in [1.54, 1.807) is 26.0 Å². The maximum absolute atomic E-state index is 12.5. The fourth-order valence-corrected chi connectivity index (χ4v) is 4.61. The second-order valence-corrected chi connectivity index (χ2v) is 9.41. The van der Waals surface area contributed by atoms with Crippen LogP contribution in [-0.2, 0) is 4.74 Å². The molecule has 1 aliphatic heterocycles. The first-order valence-electron chi connectivity index (χ1n) is 11.1. The van der Waals surface area contributed by atoms with Gasteiger partial charge in [0.1, 0.15) is 11.9 Å². The molecule has 1 unspecified atom stereocenters. The van der Waals surface area contributed by atoms with Crippen molar-refractivity contribution in [1.29, 1.82) is 0 Å². The number of hydrogen-bond acceptors (Lipinski definition) is 6. The van der Waals surface area contributed by atoms with Gasteiger partial charge in [-0.1, -0.05) is 33.7 Å². The van der Waals surface area contributed by atoms with Crippen LogP contribution in [0.2, 0.25) is 0 Å². The predicted octanol–water partition coefficient (Wildman–Crippen LogP) is 6.89. The van der Waals surface area contributed by atoms with Gasteiger partial charge in [0.25, 0.3) is 11.6 Å². The molecule has 1 saturated heterocycles. The van der Waals surface area contributed by atoms with Crippen LogP contribution in [0.1, 0.15) is 48.8 Å². The van der Waals surface area contributed by atoms with Crippen LogP contribution in [0.4, 0.5) is 5.69 Å². The number of hydrogen-bond donors (Lipinski definition) is 0. The highest BCUT2D eigenvalue weighted by molar-refractivity contribution is 9.11. The van der Waals surface area contributed by atoms with Crippen LogP contribution in [0.25, 0.3) is 6.08 Å². The summed E-state index contributed by atoms with van der Waals surface area (Å²) in [6, 6.07) is 6.44. The maximum atomic E-state index is 12.5. The average Bonchev–Trinajstić information content (AvgIpc) is 3.25.